The number of sulfone groups is 1. The molecule has 1 saturated carbocycles. The molecule has 28 heavy (non-hydrogen) atoms. The molecule has 0 aromatic heterocycles. The minimum absolute atomic E-state index is 0.0197. The second-order valence-electron chi connectivity index (χ2n) is 6.63. The Labute approximate surface area is 162 Å². The minimum Gasteiger partial charge on any atom is -0.342 e. The lowest BCUT2D eigenvalue weighted by Gasteiger charge is -2.16. The first-order valence-corrected chi connectivity index (χ1v) is 10.2. The van der Waals surface area contributed by atoms with E-state index >= 15 is 0 Å². The maximum Gasteiger partial charge on any atom is 0.471 e. The van der Waals surface area contributed by atoms with Gasteiger partial charge in [0, 0.05) is 0 Å². The summed E-state index contributed by atoms with van der Waals surface area (Å²) in [4.78, 5) is 10.9. The predicted molar refractivity (Wildman–Crippen MR) is 101 cm³/mol. The highest BCUT2D eigenvalue weighted by Crippen LogP contribution is 2.37. The van der Waals surface area contributed by atoms with E-state index in [2.05, 4.69) is 6.58 Å². The van der Waals surface area contributed by atoms with Gasteiger partial charge in [-0.2, -0.15) is 13.2 Å². The van der Waals surface area contributed by atoms with E-state index in [1.807, 2.05) is 18.3 Å². The fourth-order valence-corrected chi connectivity index (χ4v) is 3.66. The Morgan fingerprint density at radius 3 is 2.25 bits per heavy atom. The van der Waals surface area contributed by atoms with Crippen molar-refractivity contribution in [3.63, 3.8) is 0 Å². The number of alkyl halides is 3. The lowest BCUT2D eigenvalue weighted by molar-refractivity contribution is -0.174. The van der Waals surface area contributed by atoms with Gasteiger partial charge in [0.25, 0.3) is 0 Å². The first-order valence-electron chi connectivity index (χ1n) is 8.72. The van der Waals surface area contributed by atoms with Gasteiger partial charge in [-0.25, -0.2) is 8.42 Å². The topological polar surface area (TPSA) is 63.2 Å². The van der Waals surface area contributed by atoms with Crippen LogP contribution in [0.2, 0.25) is 0 Å². The fourth-order valence-electron chi connectivity index (χ4n) is 2.61. The van der Waals surface area contributed by atoms with Gasteiger partial charge in [0.2, 0.25) is 9.84 Å². The van der Waals surface area contributed by atoms with Crippen LogP contribution in [0.5, 0.6) is 0 Å². The van der Waals surface area contributed by atoms with E-state index in [-0.39, 0.29) is 9.80 Å². The van der Waals surface area contributed by atoms with E-state index in [4.69, 9.17) is 0 Å². The van der Waals surface area contributed by atoms with Gasteiger partial charge in [0.05, 0.1) is 15.8 Å². The molecule has 0 saturated heterocycles. The molecule has 1 aromatic carbocycles. The summed E-state index contributed by atoms with van der Waals surface area (Å²) >= 11 is 0. The van der Waals surface area contributed by atoms with Crippen LogP contribution in [-0.4, -0.2) is 20.5 Å². The molecule has 1 fully saturated rings. The molecule has 1 aromatic rings. The van der Waals surface area contributed by atoms with Crippen LogP contribution >= 0.6 is 0 Å². The third kappa shape index (κ3) is 5.34. The molecule has 0 spiro atoms. The molecule has 8 heteroatoms. The SMILES string of the molecule is C=C(/C=C\C(=C/C)C1CC1)S(=O)(=O)c1ccc([C@H](C)NC(=O)C(F)(F)F)cc1. The van der Waals surface area contributed by atoms with E-state index in [1.165, 1.54) is 37.3 Å². The standard InChI is InChI=1S/C20H22F3NO3S/c1-4-15(17-7-8-17)6-5-13(2)28(26,27)18-11-9-16(10-12-18)14(3)24-19(25)20(21,22)23/h4-6,9-12,14,17H,2,7-8H2,1,3H3,(H,24,25)/b6-5-,15-4+/t14-/m0/s1. The Bertz CT molecular complexity index is 909. The number of hydrogen-bond donors (Lipinski definition) is 1. The van der Waals surface area contributed by atoms with Gasteiger partial charge in [0.1, 0.15) is 0 Å². The molecule has 0 aliphatic heterocycles. The highest BCUT2D eigenvalue weighted by Gasteiger charge is 2.39. The van der Waals surface area contributed by atoms with Gasteiger partial charge in [-0.3, -0.25) is 4.79 Å². The number of amides is 1. The zero-order chi connectivity index (χ0) is 21.1. The van der Waals surface area contributed by atoms with Crippen LogP contribution in [-0.2, 0) is 14.6 Å². The van der Waals surface area contributed by atoms with Crippen LogP contribution in [0.25, 0.3) is 0 Å². The van der Waals surface area contributed by atoms with Gasteiger partial charge < -0.3 is 5.32 Å². The molecule has 1 aliphatic rings. The first kappa shape index (κ1) is 21.9. The Kier molecular flexibility index (Phi) is 6.54. The fraction of sp³-hybridized carbons (Fsp3) is 0.350. The van der Waals surface area contributed by atoms with Gasteiger partial charge >= 0.3 is 12.1 Å². The van der Waals surface area contributed by atoms with Gasteiger partial charge in [-0.1, -0.05) is 30.9 Å². The zero-order valence-electron chi connectivity index (χ0n) is 15.6. The molecule has 0 radical (unpaired) electrons. The van der Waals surface area contributed by atoms with Crippen LogP contribution in [0.15, 0.2) is 64.4 Å². The number of nitrogens with one attached hydrogen (secondary N) is 1. The normalized spacial score (nSPS) is 16.8. The third-order valence-corrected chi connectivity index (χ3v) is 6.20. The molecule has 1 amide bonds. The molecule has 4 nitrogen and oxygen atoms in total. The van der Waals surface area contributed by atoms with Crippen molar-refractivity contribution in [3.8, 4) is 0 Å². The number of halogens is 3. The highest BCUT2D eigenvalue weighted by molar-refractivity contribution is 7.95. The average molecular weight is 413 g/mol. The molecule has 1 aliphatic carbocycles. The van der Waals surface area contributed by atoms with Crippen LogP contribution in [0.4, 0.5) is 13.2 Å². The average Bonchev–Trinajstić information content (AvgIpc) is 3.46. The molecule has 1 atom stereocenters. The molecule has 2 rings (SSSR count). The predicted octanol–water partition coefficient (Wildman–Crippen LogP) is 4.63. The molecule has 0 unspecified atom stereocenters. The van der Waals surface area contributed by atoms with Gasteiger partial charge in [0.15, 0.2) is 0 Å². The number of rotatable bonds is 7. The molecule has 1 N–H and O–H groups in total. The number of allylic oxidation sites excluding steroid dienone is 4. The smallest absolute Gasteiger partial charge is 0.342 e. The Hall–Kier alpha value is -2.35. The Morgan fingerprint density at radius 2 is 1.79 bits per heavy atom. The van der Waals surface area contributed by atoms with Crippen LogP contribution in [0, 0.1) is 5.92 Å². The molecular weight excluding hydrogens is 391 g/mol. The molecule has 152 valence electrons. The Morgan fingerprint density at radius 1 is 1.21 bits per heavy atom. The summed E-state index contributed by atoms with van der Waals surface area (Å²) in [5, 5.41) is 1.82. The summed E-state index contributed by atoms with van der Waals surface area (Å²) in [6.45, 7) is 6.90. The quantitative estimate of drug-likeness (QED) is 0.663. The van der Waals surface area contributed by atoms with Crippen LogP contribution in [0.3, 0.4) is 0 Å². The van der Waals surface area contributed by atoms with Crippen LogP contribution in [0.1, 0.15) is 38.3 Å². The number of benzene rings is 1. The van der Waals surface area contributed by atoms with Crippen molar-refractivity contribution in [1.82, 2.24) is 5.32 Å². The van der Waals surface area contributed by atoms with Crippen molar-refractivity contribution in [2.24, 2.45) is 5.92 Å². The van der Waals surface area contributed by atoms with Gasteiger partial charge in [-0.15, -0.1) is 0 Å². The van der Waals surface area contributed by atoms with Crippen molar-refractivity contribution in [3.05, 3.63) is 65.1 Å². The number of hydrogen-bond acceptors (Lipinski definition) is 3. The Balaban J connectivity index is 2.11. The van der Waals surface area contributed by atoms with Crippen molar-refractivity contribution in [2.45, 2.75) is 43.8 Å². The summed E-state index contributed by atoms with van der Waals surface area (Å²) in [6.07, 6.45) is 2.36. The minimum atomic E-state index is -4.98. The highest BCUT2D eigenvalue weighted by atomic mass is 32.2. The van der Waals surface area contributed by atoms with Crippen molar-refractivity contribution in [1.29, 1.82) is 0 Å². The number of carbonyl (C=O) groups excluding carboxylic acids is 1. The van der Waals surface area contributed by atoms with E-state index in [0.717, 1.165) is 18.4 Å². The van der Waals surface area contributed by atoms with E-state index in [9.17, 15) is 26.4 Å². The van der Waals surface area contributed by atoms with Gasteiger partial charge in [-0.05, 0) is 62.0 Å². The van der Waals surface area contributed by atoms with Crippen molar-refractivity contribution >= 4 is 15.7 Å². The maximum absolute atomic E-state index is 12.6. The summed E-state index contributed by atoms with van der Waals surface area (Å²) in [6, 6.07) is 4.39. The van der Waals surface area contributed by atoms with Crippen LogP contribution < -0.4 is 5.32 Å². The second-order valence-corrected chi connectivity index (χ2v) is 8.63. The molecule has 0 heterocycles. The van der Waals surface area contributed by atoms with Crippen molar-refractivity contribution in [2.75, 3.05) is 0 Å². The summed E-state index contributed by atoms with van der Waals surface area (Å²) in [7, 11) is -3.81. The largest absolute Gasteiger partial charge is 0.471 e. The monoisotopic (exact) mass is 413 g/mol. The lowest BCUT2D eigenvalue weighted by Crippen LogP contribution is -2.38. The lowest BCUT2D eigenvalue weighted by atomic mass is 10.1. The molecular formula is C20H22F3NO3S. The number of carbonyl (C=O) groups is 1. The van der Waals surface area contributed by atoms with E-state index in [1.54, 1.807) is 6.08 Å². The summed E-state index contributed by atoms with van der Waals surface area (Å²) in [5.41, 5.74) is 1.42. The first-order chi connectivity index (χ1) is 13.0. The van der Waals surface area contributed by atoms with Crippen molar-refractivity contribution < 1.29 is 26.4 Å². The molecule has 0 bridgehead atoms. The summed E-state index contributed by atoms with van der Waals surface area (Å²) in [5.74, 6) is -1.57. The van der Waals surface area contributed by atoms with E-state index in [0.29, 0.717) is 11.5 Å². The maximum atomic E-state index is 12.6. The zero-order valence-corrected chi connectivity index (χ0v) is 16.4. The second kappa shape index (κ2) is 8.34. The summed E-state index contributed by atoms with van der Waals surface area (Å²) < 4.78 is 62.2. The third-order valence-electron chi connectivity index (χ3n) is 4.48. The van der Waals surface area contributed by atoms with E-state index < -0.39 is 28.0 Å².